The van der Waals surface area contributed by atoms with Crippen LogP contribution in [-0.2, 0) is 0 Å². The Morgan fingerprint density at radius 2 is 2.30 bits per heavy atom. The number of nitrogens with one attached hydrogen (secondary N) is 2. The molecule has 2 N–H and O–H groups in total. The van der Waals surface area contributed by atoms with E-state index >= 15 is 0 Å². The topological polar surface area (TPSA) is 84.3 Å². The van der Waals surface area contributed by atoms with E-state index in [4.69, 9.17) is 11.6 Å². The number of hydrogen-bond donors (Lipinski definition) is 2. The van der Waals surface area contributed by atoms with Gasteiger partial charge in [0.05, 0.1) is 4.92 Å². The molecule has 0 saturated carbocycles. The zero-order valence-electron chi connectivity index (χ0n) is 11.1. The van der Waals surface area contributed by atoms with E-state index in [0.717, 1.165) is 13.0 Å². The summed E-state index contributed by atoms with van der Waals surface area (Å²) < 4.78 is 0. The van der Waals surface area contributed by atoms with E-state index in [-0.39, 0.29) is 22.3 Å². The summed E-state index contributed by atoms with van der Waals surface area (Å²) >= 11 is 5.73. The van der Waals surface area contributed by atoms with Crippen molar-refractivity contribution in [3.8, 4) is 0 Å². The van der Waals surface area contributed by atoms with Crippen LogP contribution < -0.4 is 10.6 Å². The van der Waals surface area contributed by atoms with Gasteiger partial charge in [-0.05, 0) is 31.0 Å². The zero-order chi connectivity index (χ0) is 14.7. The van der Waals surface area contributed by atoms with E-state index in [1.807, 2.05) is 0 Å². The van der Waals surface area contributed by atoms with E-state index in [9.17, 15) is 14.9 Å². The number of benzene rings is 1. The predicted octanol–water partition coefficient (Wildman–Crippen LogP) is 1.98. The van der Waals surface area contributed by atoms with Gasteiger partial charge >= 0.3 is 0 Å². The van der Waals surface area contributed by atoms with Crippen molar-refractivity contribution in [3.63, 3.8) is 0 Å². The highest BCUT2D eigenvalue weighted by atomic mass is 35.5. The van der Waals surface area contributed by atoms with Gasteiger partial charge in [-0.15, -0.1) is 0 Å². The largest absolute Gasteiger partial charge is 0.348 e. The van der Waals surface area contributed by atoms with E-state index in [1.54, 1.807) is 0 Å². The minimum absolute atomic E-state index is 0.0217. The van der Waals surface area contributed by atoms with Crippen LogP contribution in [0.5, 0.6) is 0 Å². The summed E-state index contributed by atoms with van der Waals surface area (Å²) in [6.07, 6.45) is 0.966. The van der Waals surface area contributed by atoms with Gasteiger partial charge in [-0.2, -0.15) is 0 Å². The van der Waals surface area contributed by atoms with Crippen LogP contribution >= 0.6 is 11.6 Å². The van der Waals surface area contributed by atoms with Crippen LogP contribution in [0, 0.1) is 16.0 Å². The number of halogens is 1. The van der Waals surface area contributed by atoms with Gasteiger partial charge in [-0.1, -0.05) is 18.5 Å². The highest BCUT2D eigenvalue weighted by Crippen LogP contribution is 2.23. The molecule has 108 valence electrons. The maximum Gasteiger partial charge on any atom is 0.283 e. The van der Waals surface area contributed by atoms with Crippen molar-refractivity contribution >= 4 is 23.2 Å². The molecule has 2 atom stereocenters. The molecule has 6 nitrogen and oxygen atoms in total. The van der Waals surface area contributed by atoms with Crippen molar-refractivity contribution in [2.75, 3.05) is 13.1 Å². The number of nitrogens with zero attached hydrogens (tertiary/aromatic N) is 1. The molecule has 20 heavy (non-hydrogen) atoms. The maximum absolute atomic E-state index is 12.2. The average Bonchev–Trinajstić information content (AvgIpc) is 2.41. The molecule has 7 heteroatoms. The van der Waals surface area contributed by atoms with Gasteiger partial charge < -0.3 is 10.6 Å². The van der Waals surface area contributed by atoms with Crippen molar-refractivity contribution in [2.24, 2.45) is 5.92 Å². The van der Waals surface area contributed by atoms with Crippen molar-refractivity contribution in [3.05, 3.63) is 38.9 Å². The molecule has 0 spiro atoms. The van der Waals surface area contributed by atoms with Crippen LogP contribution in [0.4, 0.5) is 5.69 Å². The summed E-state index contributed by atoms with van der Waals surface area (Å²) in [5, 5.41) is 17.3. The zero-order valence-corrected chi connectivity index (χ0v) is 11.8. The molecule has 0 radical (unpaired) electrons. The van der Waals surface area contributed by atoms with Crippen molar-refractivity contribution in [2.45, 2.75) is 19.4 Å². The molecular weight excluding hydrogens is 282 g/mol. The quantitative estimate of drug-likeness (QED) is 0.660. The van der Waals surface area contributed by atoms with Crippen molar-refractivity contribution in [1.29, 1.82) is 0 Å². The molecule has 1 heterocycles. The Labute approximate surface area is 121 Å². The highest BCUT2D eigenvalue weighted by molar-refractivity contribution is 6.31. The summed E-state index contributed by atoms with van der Waals surface area (Å²) in [5.74, 6) is -0.0968. The minimum atomic E-state index is -0.594. The van der Waals surface area contributed by atoms with Crippen LogP contribution in [-0.4, -0.2) is 30.0 Å². The number of nitro benzene ring substituents is 1. The second-order valence-corrected chi connectivity index (χ2v) is 5.41. The number of rotatable bonds is 3. The van der Waals surface area contributed by atoms with Crippen LogP contribution in [0.15, 0.2) is 18.2 Å². The summed E-state index contributed by atoms with van der Waals surface area (Å²) in [4.78, 5) is 22.6. The Hall–Kier alpha value is -1.66. The van der Waals surface area contributed by atoms with Gasteiger partial charge in [-0.3, -0.25) is 14.9 Å². The van der Waals surface area contributed by atoms with Crippen LogP contribution in [0.2, 0.25) is 5.02 Å². The summed E-state index contributed by atoms with van der Waals surface area (Å²) in [6, 6.07) is 4.04. The molecule has 0 aromatic heterocycles. The first kappa shape index (κ1) is 14.7. The molecule has 2 unspecified atom stereocenters. The standard InChI is InChI=1S/C13H16ClN3O3/c1-8-4-5-15-7-11(8)16-13(18)10-3-2-9(14)6-12(10)17(19)20/h2-3,6,8,11,15H,4-5,7H2,1H3,(H,16,18). The molecule has 1 aliphatic heterocycles. The van der Waals surface area contributed by atoms with Crippen LogP contribution in [0.3, 0.4) is 0 Å². The minimum Gasteiger partial charge on any atom is -0.348 e. The lowest BCUT2D eigenvalue weighted by Gasteiger charge is -2.30. The lowest BCUT2D eigenvalue weighted by atomic mass is 9.94. The molecule has 1 saturated heterocycles. The fourth-order valence-electron chi connectivity index (χ4n) is 2.28. The van der Waals surface area contributed by atoms with Crippen molar-refractivity contribution < 1.29 is 9.72 Å². The van der Waals surface area contributed by atoms with E-state index in [0.29, 0.717) is 12.5 Å². The Bertz CT molecular complexity index is 536. The fourth-order valence-corrected chi connectivity index (χ4v) is 2.44. The number of nitro groups is 1. The lowest BCUT2D eigenvalue weighted by molar-refractivity contribution is -0.385. The van der Waals surface area contributed by atoms with Crippen LogP contribution in [0.1, 0.15) is 23.7 Å². The number of amides is 1. The van der Waals surface area contributed by atoms with Gasteiger partial charge in [0.1, 0.15) is 5.56 Å². The highest BCUT2D eigenvalue weighted by Gasteiger charge is 2.26. The Morgan fingerprint density at radius 1 is 1.55 bits per heavy atom. The van der Waals surface area contributed by atoms with Crippen molar-refractivity contribution in [1.82, 2.24) is 10.6 Å². The van der Waals surface area contributed by atoms with E-state index < -0.39 is 10.8 Å². The summed E-state index contributed by atoms with van der Waals surface area (Å²) in [5.41, 5.74) is -0.233. The van der Waals surface area contributed by atoms with Gasteiger partial charge in [-0.25, -0.2) is 0 Å². The third kappa shape index (κ3) is 3.26. The first-order chi connectivity index (χ1) is 9.49. The van der Waals surface area contributed by atoms with Gasteiger partial charge in [0.2, 0.25) is 0 Å². The van der Waals surface area contributed by atoms with E-state index in [2.05, 4.69) is 17.6 Å². The van der Waals surface area contributed by atoms with Gasteiger partial charge in [0.15, 0.2) is 0 Å². The molecule has 1 fully saturated rings. The second-order valence-electron chi connectivity index (χ2n) is 4.97. The summed E-state index contributed by atoms with van der Waals surface area (Å²) in [6.45, 7) is 3.66. The predicted molar refractivity (Wildman–Crippen MR) is 76.0 cm³/mol. The first-order valence-electron chi connectivity index (χ1n) is 6.44. The van der Waals surface area contributed by atoms with Crippen LogP contribution in [0.25, 0.3) is 0 Å². The maximum atomic E-state index is 12.2. The Balaban J connectivity index is 2.18. The number of hydrogen-bond acceptors (Lipinski definition) is 4. The Morgan fingerprint density at radius 3 is 2.95 bits per heavy atom. The monoisotopic (exact) mass is 297 g/mol. The smallest absolute Gasteiger partial charge is 0.283 e. The first-order valence-corrected chi connectivity index (χ1v) is 6.82. The fraction of sp³-hybridized carbons (Fsp3) is 0.462. The molecule has 0 aliphatic carbocycles. The third-order valence-corrected chi connectivity index (χ3v) is 3.78. The number of piperidine rings is 1. The lowest BCUT2D eigenvalue weighted by Crippen LogP contribution is -2.50. The SMILES string of the molecule is CC1CCNCC1NC(=O)c1ccc(Cl)cc1[N+](=O)[O-]. The number of carbonyl (C=O) groups excluding carboxylic acids is 1. The molecule has 1 aromatic carbocycles. The summed E-state index contributed by atoms with van der Waals surface area (Å²) in [7, 11) is 0. The average molecular weight is 298 g/mol. The Kier molecular flexibility index (Phi) is 4.57. The van der Waals surface area contributed by atoms with Gasteiger partial charge in [0, 0.05) is 23.7 Å². The molecular formula is C13H16ClN3O3. The molecule has 1 aliphatic rings. The molecule has 1 amide bonds. The third-order valence-electron chi connectivity index (χ3n) is 3.55. The molecule has 0 bridgehead atoms. The number of carbonyl (C=O) groups is 1. The molecule has 2 rings (SSSR count). The second kappa shape index (κ2) is 6.19. The normalized spacial score (nSPS) is 22.3. The van der Waals surface area contributed by atoms with E-state index in [1.165, 1.54) is 18.2 Å². The molecule has 1 aromatic rings. The van der Waals surface area contributed by atoms with Gasteiger partial charge in [0.25, 0.3) is 11.6 Å².